The number of rotatable bonds is 4. The standard InChI is InChI=1S/C22H23N3O2.2ClH/c26-22(20-13-17-5-1-2-6-19(17)27-20)24-21-16-7-10-25(11-8-16)18(21)12-15-4-3-9-23-14-15;;/h1-6,9,13-14,16,18,21H,7-8,10-12H2,(H,24,26);2*1H/t18-,21+;;/m0../s1. The average molecular weight is 434 g/mol. The SMILES string of the molecule is Cl.Cl.O=C(N[C@@H]1C2CCN(CC2)[C@H]1Cc1cccnc1)c1cc2ccccc2o1. The van der Waals surface area contributed by atoms with Crippen LogP contribution in [0.2, 0.25) is 0 Å². The van der Waals surface area contributed by atoms with Crippen molar-refractivity contribution in [2.24, 2.45) is 5.92 Å². The summed E-state index contributed by atoms with van der Waals surface area (Å²) in [5, 5.41) is 4.26. The second kappa shape index (κ2) is 9.16. The molecule has 3 aliphatic rings. The first-order valence-corrected chi connectivity index (χ1v) is 9.70. The predicted octanol–water partition coefficient (Wildman–Crippen LogP) is 4.11. The Morgan fingerprint density at radius 3 is 2.66 bits per heavy atom. The molecule has 29 heavy (non-hydrogen) atoms. The lowest BCUT2D eigenvalue weighted by Crippen LogP contribution is -2.64. The maximum absolute atomic E-state index is 12.9. The van der Waals surface area contributed by atoms with Crippen molar-refractivity contribution < 1.29 is 9.21 Å². The Morgan fingerprint density at radius 1 is 1.14 bits per heavy atom. The number of halogens is 2. The smallest absolute Gasteiger partial charge is 0.287 e. The Balaban J connectivity index is 0.00000120. The highest BCUT2D eigenvalue weighted by molar-refractivity contribution is 5.96. The van der Waals surface area contributed by atoms with Crippen LogP contribution >= 0.6 is 24.8 Å². The van der Waals surface area contributed by atoms with E-state index in [1.807, 2.05) is 42.6 Å². The number of fused-ring (bicyclic) bond motifs is 4. The summed E-state index contributed by atoms with van der Waals surface area (Å²) in [6, 6.07) is 14.1. The van der Waals surface area contributed by atoms with E-state index in [1.165, 1.54) is 5.56 Å². The minimum Gasteiger partial charge on any atom is -0.451 e. The third kappa shape index (κ3) is 4.27. The molecule has 5 heterocycles. The van der Waals surface area contributed by atoms with Crippen molar-refractivity contribution in [1.29, 1.82) is 0 Å². The molecule has 0 unspecified atom stereocenters. The van der Waals surface area contributed by atoms with Crippen molar-refractivity contribution in [3.8, 4) is 0 Å². The number of nitrogens with one attached hydrogen (secondary N) is 1. The van der Waals surface area contributed by atoms with Crippen LogP contribution in [0.4, 0.5) is 0 Å². The zero-order chi connectivity index (χ0) is 18.2. The molecule has 2 bridgehead atoms. The lowest BCUT2D eigenvalue weighted by atomic mass is 9.76. The summed E-state index contributed by atoms with van der Waals surface area (Å²) >= 11 is 0. The minimum atomic E-state index is -0.110. The highest BCUT2D eigenvalue weighted by Crippen LogP contribution is 2.34. The number of nitrogens with zero attached hydrogens (tertiary/aromatic N) is 2. The molecule has 1 amide bonds. The quantitative estimate of drug-likeness (QED) is 0.672. The van der Waals surface area contributed by atoms with Crippen LogP contribution in [-0.4, -0.2) is 41.0 Å². The van der Waals surface area contributed by atoms with Crippen LogP contribution < -0.4 is 5.32 Å². The molecule has 1 aromatic carbocycles. The number of carbonyl (C=O) groups excluding carboxylic acids is 1. The van der Waals surface area contributed by atoms with Crippen LogP contribution in [0.3, 0.4) is 0 Å². The van der Waals surface area contributed by atoms with E-state index >= 15 is 0 Å². The predicted molar refractivity (Wildman–Crippen MR) is 118 cm³/mol. The van der Waals surface area contributed by atoms with Crippen molar-refractivity contribution in [3.63, 3.8) is 0 Å². The van der Waals surface area contributed by atoms with E-state index in [2.05, 4.69) is 21.3 Å². The molecule has 0 spiro atoms. The average Bonchev–Trinajstić information content (AvgIpc) is 3.16. The summed E-state index contributed by atoms with van der Waals surface area (Å²) in [6.07, 6.45) is 6.94. The van der Waals surface area contributed by atoms with Crippen LogP contribution in [0.25, 0.3) is 11.0 Å². The Hall–Kier alpha value is -2.08. The Bertz CT molecular complexity index is 922. The van der Waals surface area contributed by atoms with E-state index in [9.17, 15) is 4.79 Å². The van der Waals surface area contributed by atoms with Crippen molar-refractivity contribution in [1.82, 2.24) is 15.2 Å². The molecular formula is C22H25Cl2N3O2. The van der Waals surface area contributed by atoms with Gasteiger partial charge in [0.25, 0.3) is 5.91 Å². The normalized spacial score (nSPS) is 25.1. The molecule has 0 radical (unpaired) electrons. The van der Waals surface area contributed by atoms with E-state index in [-0.39, 0.29) is 36.8 Å². The molecule has 0 saturated carbocycles. The van der Waals surface area contributed by atoms with E-state index in [0.717, 1.165) is 43.3 Å². The van der Waals surface area contributed by atoms with Gasteiger partial charge >= 0.3 is 0 Å². The van der Waals surface area contributed by atoms with Gasteiger partial charge in [0, 0.05) is 29.9 Å². The Morgan fingerprint density at radius 2 is 1.93 bits per heavy atom. The van der Waals surface area contributed by atoms with Crippen LogP contribution in [0.15, 0.2) is 59.3 Å². The molecule has 1 N–H and O–H groups in total. The molecule has 5 nitrogen and oxygen atoms in total. The second-order valence-electron chi connectivity index (χ2n) is 7.65. The summed E-state index contributed by atoms with van der Waals surface area (Å²) in [5.74, 6) is 0.818. The molecule has 3 aromatic rings. The van der Waals surface area contributed by atoms with Gasteiger partial charge in [-0.2, -0.15) is 0 Å². The molecule has 3 saturated heterocycles. The van der Waals surface area contributed by atoms with E-state index in [1.54, 1.807) is 6.20 Å². The van der Waals surface area contributed by atoms with Crippen LogP contribution in [0, 0.1) is 5.92 Å². The Labute approximate surface area is 182 Å². The molecule has 0 aliphatic carbocycles. The lowest BCUT2D eigenvalue weighted by Gasteiger charge is -2.51. The third-order valence-corrected chi connectivity index (χ3v) is 6.08. The first kappa shape index (κ1) is 21.6. The number of hydrogen-bond acceptors (Lipinski definition) is 4. The van der Waals surface area contributed by atoms with Gasteiger partial charge in [0.15, 0.2) is 5.76 Å². The number of carbonyl (C=O) groups is 1. The fraction of sp³-hybridized carbons (Fsp3) is 0.364. The maximum Gasteiger partial charge on any atom is 0.287 e. The van der Waals surface area contributed by atoms with Gasteiger partial charge in [-0.15, -0.1) is 24.8 Å². The van der Waals surface area contributed by atoms with Crippen LogP contribution in [-0.2, 0) is 6.42 Å². The number of benzene rings is 1. The molecule has 3 fully saturated rings. The summed E-state index contributed by atoms with van der Waals surface area (Å²) in [4.78, 5) is 19.7. The molecule has 2 aromatic heterocycles. The molecule has 6 rings (SSSR count). The monoisotopic (exact) mass is 433 g/mol. The fourth-order valence-electron chi connectivity index (χ4n) is 4.70. The third-order valence-electron chi connectivity index (χ3n) is 6.08. The largest absolute Gasteiger partial charge is 0.451 e. The summed E-state index contributed by atoms with van der Waals surface area (Å²) in [5.41, 5.74) is 1.97. The summed E-state index contributed by atoms with van der Waals surface area (Å²) in [7, 11) is 0. The van der Waals surface area contributed by atoms with Crippen molar-refractivity contribution in [2.75, 3.05) is 13.1 Å². The number of aromatic nitrogens is 1. The van der Waals surface area contributed by atoms with Gasteiger partial charge < -0.3 is 9.73 Å². The number of furan rings is 1. The molecule has 3 aliphatic heterocycles. The first-order valence-electron chi connectivity index (χ1n) is 9.70. The molecule has 154 valence electrons. The number of piperidine rings is 3. The summed E-state index contributed by atoms with van der Waals surface area (Å²) in [6.45, 7) is 2.24. The van der Waals surface area contributed by atoms with Gasteiger partial charge in [0.1, 0.15) is 5.58 Å². The molecule has 7 heteroatoms. The van der Waals surface area contributed by atoms with Gasteiger partial charge in [-0.25, -0.2) is 0 Å². The van der Waals surface area contributed by atoms with Crippen molar-refractivity contribution in [3.05, 3.63) is 66.2 Å². The van der Waals surface area contributed by atoms with Crippen LogP contribution in [0.5, 0.6) is 0 Å². The van der Waals surface area contributed by atoms with E-state index < -0.39 is 0 Å². The first-order chi connectivity index (χ1) is 13.3. The number of pyridine rings is 1. The number of hydrogen-bond donors (Lipinski definition) is 1. The highest BCUT2D eigenvalue weighted by Gasteiger charge is 2.43. The minimum absolute atomic E-state index is 0. The van der Waals surface area contributed by atoms with Crippen molar-refractivity contribution >= 4 is 41.7 Å². The highest BCUT2D eigenvalue weighted by atomic mass is 35.5. The van der Waals surface area contributed by atoms with Gasteiger partial charge in [-0.05, 0) is 62.0 Å². The van der Waals surface area contributed by atoms with E-state index in [0.29, 0.717) is 17.7 Å². The zero-order valence-electron chi connectivity index (χ0n) is 16.0. The molecule has 2 atom stereocenters. The zero-order valence-corrected chi connectivity index (χ0v) is 17.6. The lowest BCUT2D eigenvalue weighted by molar-refractivity contribution is 0.0131. The maximum atomic E-state index is 12.9. The van der Waals surface area contributed by atoms with E-state index in [4.69, 9.17) is 4.42 Å². The number of amides is 1. The summed E-state index contributed by atoms with van der Waals surface area (Å²) < 4.78 is 5.77. The topological polar surface area (TPSA) is 58.4 Å². The fourth-order valence-corrected chi connectivity index (χ4v) is 4.70. The van der Waals surface area contributed by atoms with Gasteiger partial charge in [-0.3, -0.25) is 14.7 Å². The second-order valence-corrected chi connectivity index (χ2v) is 7.65. The number of para-hydroxylation sites is 1. The van der Waals surface area contributed by atoms with Gasteiger partial charge in [0.2, 0.25) is 0 Å². The van der Waals surface area contributed by atoms with Gasteiger partial charge in [-0.1, -0.05) is 24.3 Å². The molecular weight excluding hydrogens is 409 g/mol. The Kier molecular flexibility index (Phi) is 6.83. The van der Waals surface area contributed by atoms with Gasteiger partial charge in [0.05, 0.1) is 0 Å². The van der Waals surface area contributed by atoms with Crippen molar-refractivity contribution in [2.45, 2.75) is 31.3 Å². The van der Waals surface area contributed by atoms with Crippen LogP contribution in [0.1, 0.15) is 29.0 Å².